The van der Waals surface area contributed by atoms with Crippen molar-refractivity contribution in [2.24, 2.45) is 4.99 Å². The average Bonchev–Trinajstić information content (AvgIpc) is 3.15. The molecule has 0 aliphatic heterocycles. The minimum atomic E-state index is 0. The maximum atomic E-state index is 5.35. The predicted molar refractivity (Wildman–Crippen MR) is 123 cm³/mol. The summed E-state index contributed by atoms with van der Waals surface area (Å²) < 4.78 is 10.6. The van der Waals surface area contributed by atoms with Crippen molar-refractivity contribution in [3.05, 3.63) is 39.8 Å². The highest BCUT2D eigenvalue weighted by Gasteiger charge is 2.05. The van der Waals surface area contributed by atoms with Crippen LogP contribution < -0.4 is 20.1 Å². The summed E-state index contributed by atoms with van der Waals surface area (Å²) in [6, 6.07) is 6.04. The van der Waals surface area contributed by atoms with Gasteiger partial charge in [0.2, 0.25) is 0 Å². The highest BCUT2D eigenvalue weighted by molar-refractivity contribution is 14.0. The number of rotatable bonds is 9. The second kappa shape index (κ2) is 12.8. The number of ether oxygens (including phenoxy) is 2. The Kier molecular flexibility index (Phi) is 11.1. The number of hydrogen-bond acceptors (Lipinski definition) is 5. The summed E-state index contributed by atoms with van der Waals surface area (Å²) in [4.78, 5) is 9.98. The van der Waals surface area contributed by atoms with E-state index in [0.29, 0.717) is 6.54 Å². The molecule has 0 atom stereocenters. The molecule has 27 heavy (non-hydrogen) atoms. The minimum Gasteiger partial charge on any atom is -0.493 e. The molecule has 8 heteroatoms. The average molecular weight is 504 g/mol. The number of aromatic nitrogens is 1. The SMILES string of the molecule is CCc1cnc(CNC(=NC)NCCCc2ccc(OC)c(OC)c2)s1.I. The summed E-state index contributed by atoms with van der Waals surface area (Å²) >= 11 is 1.74. The molecule has 0 amide bonds. The van der Waals surface area contributed by atoms with Crippen LogP contribution in [-0.2, 0) is 19.4 Å². The third kappa shape index (κ3) is 7.53. The van der Waals surface area contributed by atoms with Crippen molar-refractivity contribution in [2.75, 3.05) is 27.8 Å². The van der Waals surface area contributed by atoms with Crippen molar-refractivity contribution in [1.82, 2.24) is 15.6 Å². The quantitative estimate of drug-likeness (QED) is 0.236. The lowest BCUT2D eigenvalue weighted by Crippen LogP contribution is -2.37. The van der Waals surface area contributed by atoms with Crippen LogP contribution in [0.4, 0.5) is 0 Å². The van der Waals surface area contributed by atoms with Crippen LogP contribution in [-0.4, -0.2) is 38.8 Å². The maximum Gasteiger partial charge on any atom is 0.191 e. The normalized spacial score (nSPS) is 10.9. The highest BCUT2D eigenvalue weighted by Crippen LogP contribution is 2.27. The van der Waals surface area contributed by atoms with Crippen LogP contribution in [0.3, 0.4) is 0 Å². The molecule has 0 unspecified atom stereocenters. The van der Waals surface area contributed by atoms with Crippen LogP contribution in [0, 0.1) is 0 Å². The molecule has 150 valence electrons. The number of methoxy groups -OCH3 is 2. The Morgan fingerprint density at radius 2 is 1.96 bits per heavy atom. The monoisotopic (exact) mass is 504 g/mol. The van der Waals surface area contributed by atoms with E-state index in [1.54, 1.807) is 32.6 Å². The van der Waals surface area contributed by atoms with E-state index in [2.05, 4.69) is 33.6 Å². The number of aliphatic imine (C=N–C) groups is 1. The van der Waals surface area contributed by atoms with Crippen molar-refractivity contribution in [3.8, 4) is 11.5 Å². The Balaban J connectivity index is 0.00000364. The van der Waals surface area contributed by atoms with Gasteiger partial charge in [0.05, 0.1) is 20.8 Å². The number of aryl methyl sites for hydroxylation is 2. The summed E-state index contributed by atoms with van der Waals surface area (Å²) in [6.45, 7) is 3.68. The van der Waals surface area contributed by atoms with E-state index < -0.39 is 0 Å². The zero-order valence-corrected chi connectivity index (χ0v) is 19.5. The Labute approximate surface area is 182 Å². The van der Waals surface area contributed by atoms with Gasteiger partial charge in [-0.1, -0.05) is 13.0 Å². The van der Waals surface area contributed by atoms with Gasteiger partial charge in [0.25, 0.3) is 0 Å². The zero-order chi connectivity index (χ0) is 18.8. The van der Waals surface area contributed by atoms with Crippen molar-refractivity contribution in [1.29, 1.82) is 0 Å². The first-order valence-electron chi connectivity index (χ1n) is 8.79. The molecule has 0 saturated heterocycles. The Hall–Kier alpha value is -1.55. The summed E-state index contributed by atoms with van der Waals surface area (Å²) in [5, 5.41) is 7.73. The van der Waals surface area contributed by atoms with Gasteiger partial charge in [0, 0.05) is 24.7 Å². The Bertz CT molecular complexity index is 721. The molecule has 1 aromatic carbocycles. The largest absolute Gasteiger partial charge is 0.493 e. The third-order valence-electron chi connectivity index (χ3n) is 3.96. The molecule has 2 aromatic rings. The van der Waals surface area contributed by atoms with Gasteiger partial charge in [0.1, 0.15) is 5.01 Å². The minimum absolute atomic E-state index is 0. The van der Waals surface area contributed by atoms with Gasteiger partial charge in [-0.2, -0.15) is 0 Å². The van der Waals surface area contributed by atoms with E-state index in [4.69, 9.17) is 9.47 Å². The molecular weight excluding hydrogens is 475 g/mol. The van der Waals surface area contributed by atoms with Gasteiger partial charge in [-0.15, -0.1) is 35.3 Å². The van der Waals surface area contributed by atoms with Crippen molar-refractivity contribution >= 4 is 41.3 Å². The molecule has 1 aromatic heterocycles. The van der Waals surface area contributed by atoms with E-state index >= 15 is 0 Å². The standard InChI is InChI=1S/C19H28N4O2S.HI/c1-5-15-12-22-18(26-15)13-23-19(20-2)21-10-6-7-14-8-9-16(24-3)17(11-14)25-4;/h8-9,11-12H,5-7,10,13H2,1-4H3,(H2,20,21,23);1H. The number of nitrogens with zero attached hydrogens (tertiary/aromatic N) is 2. The number of hydrogen-bond donors (Lipinski definition) is 2. The fraction of sp³-hybridized carbons (Fsp3) is 0.474. The first-order valence-corrected chi connectivity index (χ1v) is 9.60. The molecule has 1 heterocycles. The molecule has 2 rings (SSSR count). The van der Waals surface area contributed by atoms with Crippen LogP contribution in [0.25, 0.3) is 0 Å². The topological polar surface area (TPSA) is 67.8 Å². The molecule has 0 aliphatic carbocycles. The molecule has 0 fully saturated rings. The lowest BCUT2D eigenvalue weighted by atomic mass is 10.1. The van der Waals surface area contributed by atoms with Gasteiger partial charge in [0.15, 0.2) is 17.5 Å². The summed E-state index contributed by atoms with van der Waals surface area (Å²) in [7, 11) is 5.09. The lowest BCUT2D eigenvalue weighted by molar-refractivity contribution is 0.354. The number of halogens is 1. The molecule has 0 spiro atoms. The van der Waals surface area contributed by atoms with E-state index in [9.17, 15) is 0 Å². The first kappa shape index (κ1) is 23.5. The third-order valence-corrected chi connectivity index (χ3v) is 5.10. The maximum absolute atomic E-state index is 5.35. The lowest BCUT2D eigenvalue weighted by Gasteiger charge is -2.12. The molecule has 0 radical (unpaired) electrons. The fourth-order valence-corrected chi connectivity index (χ4v) is 3.31. The predicted octanol–water partition coefficient (Wildman–Crippen LogP) is 3.64. The summed E-state index contributed by atoms with van der Waals surface area (Å²) in [6.07, 6.45) is 4.92. The van der Waals surface area contributed by atoms with E-state index in [1.165, 1.54) is 10.4 Å². The fourth-order valence-electron chi connectivity index (χ4n) is 2.51. The second-order valence-electron chi connectivity index (χ2n) is 5.72. The van der Waals surface area contributed by atoms with Crippen molar-refractivity contribution in [3.63, 3.8) is 0 Å². The molecular formula is C19H29IN4O2S. The number of guanidine groups is 1. The Morgan fingerprint density at radius 3 is 2.59 bits per heavy atom. The molecule has 0 bridgehead atoms. The van der Waals surface area contributed by atoms with E-state index in [-0.39, 0.29) is 24.0 Å². The van der Waals surface area contributed by atoms with Crippen LogP contribution >= 0.6 is 35.3 Å². The van der Waals surface area contributed by atoms with Crippen LogP contribution in [0.5, 0.6) is 11.5 Å². The van der Waals surface area contributed by atoms with E-state index in [1.807, 2.05) is 18.3 Å². The van der Waals surface area contributed by atoms with Crippen LogP contribution in [0.2, 0.25) is 0 Å². The van der Waals surface area contributed by atoms with Crippen LogP contribution in [0.1, 0.15) is 28.8 Å². The molecule has 0 saturated carbocycles. The first-order chi connectivity index (χ1) is 12.7. The van der Waals surface area contributed by atoms with Gasteiger partial charge < -0.3 is 20.1 Å². The zero-order valence-electron chi connectivity index (χ0n) is 16.4. The summed E-state index contributed by atoms with van der Waals surface area (Å²) in [5.41, 5.74) is 1.22. The summed E-state index contributed by atoms with van der Waals surface area (Å²) in [5.74, 6) is 2.32. The van der Waals surface area contributed by atoms with Gasteiger partial charge in [-0.05, 0) is 37.0 Å². The number of benzene rings is 1. The smallest absolute Gasteiger partial charge is 0.191 e. The van der Waals surface area contributed by atoms with Gasteiger partial charge >= 0.3 is 0 Å². The molecule has 2 N–H and O–H groups in total. The van der Waals surface area contributed by atoms with Crippen molar-refractivity contribution < 1.29 is 9.47 Å². The van der Waals surface area contributed by atoms with Gasteiger partial charge in [-0.3, -0.25) is 4.99 Å². The van der Waals surface area contributed by atoms with Crippen molar-refractivity contribution in [2.45, 2.75) is 32.7 Å². The second-order valence-corrected chi connectivity index (χ2v) is 6.92. The number of nitrogens with one attached hydrogen (secondary N) is 2. The van der Waals surface area contributed by atoms with Gasteiger partial charge in [-0.25, -0.2) is 4.98 Å². The molecule has 6 nitrogen and oxygen atoms in total. The highest BCUT2D eigenvalue weighted by atomic mass is 127. The van der Waals surface area contributed by atoms with E-state index in [0.717, 1.165) is 48.3 Å². The molecule has 0 aliphatic rings. The Morgan fingerprint density at radius 1 is 1.19 bits per heavy atom. The number of thiazole rings is 1. The van der Waals surface area contributed by atoms with Crippen LogP contribution in [0.15, 0.2) is 29.4 Å².